The quantitative estimate of drug-likeness (QED) is 0.756. The molecule has 2 rings (SSSR count). The second kappa shape index (κ2) is 3.15. The summed E-state index contributed by atoms with van der Waals surface area (Å²) in [5.74, 6) is 0.691. The molecule has 0 bridgehead atoms. The fraction of sp³-hybridized carbons (Fsp3) is 0. The number of furan rings is 1. The number of anilines is 1. The van der Waals surface area contributed by atoms with Crippen molar-refractivity contribution in [1.29, 1.82) is 0 Å². The number of hydrogen-bond donors (Lipinski definition) is 1. The van der Waals surface area contributed by atoms with Gasteiger partial charge in [-0.25, -0.2) is 0 Å². The first kappa shape index (κ1) is 8.20. The van der Waals surface area contributed by atoms with Crippen LogP contribution in [0.3, 0.4) is 0 Å². The van der Waals surface area contributed by atoms with Crippen LogP contribution < -0.4 is 5.73 Å². The van der Waals surface area contributed by atoms with Gasteiger partial charge in [0.05, 0.1) is 12.0 Å². The third-order valence-electron chi connectivity index (χ3n) is 1.80. The zero-order valence-electron chi connectivity index (χ0n) is 6.83. The van der Waals surface area contributed by atoms with Gasteiger partial charge in [-0.2, -0.15) is 0 Å². The third kappa shape index (κ3) is 1.53. The van der Waals surface area contributed by atoms with E-state index < -0.39 is 0 Å². The molecule has 3 heteroatoms. The summed E-state index contributed by atoms with van der Waals surface area (Å²) in [6.45, 7) is 0. The van der Waals surface area contributed by atoms with Gasteiger partial charge in [-0.1, -0.05) is 11.6 Å². The van der Waals surface area contributed by atoms with Gasteiger partial charge in [0.2, 0.25) is 0 Å². The topological polar surface area (TPSA) is 39.2 Å². The molecule has 0 saturated carbocycles. The van der Waals surface area contributed by atoms with E-state index in [1.54, 1.807) is 24.5 Å². The molecule has 0 radical (unpaired) electrons. The molecule has 0 aliphatic carbocycles. The van der Waals surface area contributed by atoms with Gasteiger partial charge in [-0.3, -0.25) is 0 Å². The lowest BCUT2D eigenvalue weighted by molar-refractivity contribution is 0.583. The number of halogens is 1. The summed E-state index contributed by atoms with van der Waals surface area (Å²) in [7, 11) is 0. The molecule has 2 aromatic rings. The van der Waals surface area contributed by atoms with E-state index in [0.717, 1.165) is 5.56 Å². The first-order valence-corrected chi connectivity index (χ1v) is 4.24. The summed E-state index contributed by atoms with van der Waals surface area (Å²) in [6, 6.07) is 9.08. The van der Waals surface area contributed by atoms with Crippen molar-refractivity contribution in [3.05, 3.63) is 41.6 Å². The average molecular weight is 194 g/mol. The fourth-order valence-electron chi connectivity index (χ4n) is 1.16. The van der Waals surface area contributed by atoms with Crippen LogP contribution in [-0.2, 0) is 0 Å². The molecule has 2 N–H and O–H groups in total. The van der Waals surface area contributed by atoms with E-state index in [2.05, 4.69) is 0 Å². The Kier molecular flexibility index (Phi) is 1.99. The molecule has 1 aromatic carbocycles. The van der Waals surface area contributed by atoms with Gasteiger partial charge in [-0.15, -0.1) is 0 Å². The van der Waals surface area contributed by atoms with E-state index in [-0.39, 0.29) is 0 Å². The van der Waals surface area contributed by atoms with Gasteiger partial charge >= 0.3 is 0 Å². The van der Waals surface area contributed by atoms with Crippen LogP contribution in [0, 0.1) is 0 Å². The van der Waals surface area contributed by atoms with Crippen LogP contribution in [0.5, 0.6) is 0 Å². The molecular weight excluding hydrogens is 186 g/mol. The van der Waals surface area contributed by atoms with Crippen molar-refractivity contribution in [1.82, 2.24) is 0 Å². The van der Waals surface area contributed by atoms with Gasteiger partial charge in [0.15, 0.2) is 5.76 Å². The second-order valence-electron chi connectivity index (χ2n) is 2.71. The van der Waals surface area contributed by atoms with Gasteiger partial charge in [0.25, 0.3) is 0 Å². The van der Waals surface area contributed by atoms with Crippen molar-refractivity contribution in [3.63, 3.8) is 0 Å². The van der Waals surface area contributed by atoms with Crippen molar-refractivity contribution >= 4 is 17.3 Å². The van der Waals surface area contributed by atoms with Crippen LogP contribution in [0.15, 0.2) is 41.0 Å². The van der Waals surface area contributed by atoms with Crippen molar-refractivity contribution < 1.29 is 4.42 Å². The predicted octanol–water partition coefficient (Wildman–Crippen LogP) is 3.18. The molecule has 0 saturated heterocycles. The Bertz CT molecular complexity index is 405. The number of nitrogens with two attached hydrogens (primary N) is 1. The number of benzene rings is 1. The van der Waals surface area contributed by atoms with Crippen molar-refractivity contribution in [3.8, 4) is 11.3 Å². The molecule has 0 aliphatic heterocycles. The van der Waals surface area contributed by atoms with Crippen molar-refractivity contribution in [2.75, 3.05) is 5.73 Å². The molecule has 1 heterocycles. The Morgan fingerprint density at radius 1 is 1.08 bits per heavy atom. The van der Waals surface area contributed by atoms with Crippen LogP contribution in [0.1, 0.15) is 0 Å². The molecular formula is C10H8ClNO. The fourth-order valence-corrected chi connectivity index (χ4v) is 1.28. The molecule has 0 spiro atoms. The van der Waals surface area contributed by atoms with Gasteiger partial charge in [-0.05, 0) is 24.3 Å². The maximum Gasteiger partial charge on any atom is 0.156 e. The zero-order valence-corrected chi connectivity index (χ0v) is 7.58. The standard InChI is InChI=1S/C10H8ClNO/c11-8-3-1-7(2-4-8)10-9(12)5-6-13-10/h1-6H,12H2. The Morgan fingerprint density at radius 2 is 1.77 bits per heavy atom. The van der Waals surface area contributed by atoms with Gasteiger partial charge < -0.3 is 10.2 Å². The maximum atomic E-state index is 5.75. The highest BCUT2D eigenvalue weighted by Crippen LogP contribution is 2.27. The molecule has 13 heavy (non-hydrogen) atoms. The van der Waals surface area contributed by atoms with Crippen LogP contribution in [0.25, 0.3) is 11.3 Å². The van der Waals surface area contributed by atoms with Crippen LogP contribution >= 0.6 is 11.6 Å². The van der Waals surface area contributed by atoms with Crippen molar-refractivity contribution in [2.45, 2.75) is 0 Å². The first-order chi connectivity index (χ1) is 6.27. The Labute approximate surface area is 80.9 Å². The van der Waals surface area contributed by atoms with Gasteiger partial charge in [0, 0.05) is 16.7 Å². The van der Waals surface area contributed by atoms with E-state index in [1.807, 2.05) is 12.1 Å². The SMILES string of the molecule is Nc1ccoc1-c1ccc(Cl)cc1. The van der Waals surface area contributed by atoms with E-state index in [4.69, 9.17) is 21.8 Å². The summed E-state index contributed by atoms with van der Waals surface area (Å²) < 4.78 is 5.22. The maximum absolute atomic E-state index is 5.75. The summed E-state index contributed by atoms with van der Waals surface area (Å²) in [5.41, 5.74) is 7.26. The molecule has 1 aromatic heterocycles. The predicted molar refractivity (Wildman–Crippen MR) is 53.6 cm³/mol. The molecule has 0 fully saturated rings. The molecule has 2 nitrogen and oxygen atoms in total. The lowest BCUT2D eigenvalue weighted by atomic mass is 10.1. The smallest absolute Gasteiger partial charge is 0.156 e. The largest absolute Gasteiger partial charge is 0.462 e. The van der Waals surface area contributed by atoms with E-state index in [9.17, 15) is 0 Å². The zero-order chi connectivity index (χ0) is 9.26. The van der Waals surface area contributed by atoms with E-state index in [1.165, 1.54) is 0 Å². The minimum Gasteiger partial charge on any atom is -0.462 e. The van der Waals surface area contributed by atoms with E-state index >= 15 is 0 Å². The number of rotatable bonds is 1. The highest BCUT2D eigenvalue weighted by Gasteiger charge is 2.04. The highest BCUT2D eigenvalue weighted by atomic mass is 35.5. The van der Waals surface area contributed by atoms with Gasteiger partial charge in [0.1, 0.15) is 0 Å². The minimum atomic E-state index is 0.641. The number of nitrogen functional groups attached to an aromatic ring is 1. The Balaban J connectivity index is 2.47. The van der Waals surface area contributed by atoms with E-state index in [0.29, 0.717) is 16.5 Å². The van der Waals surface area contributed by atoms with Crippen LogP contribution in [0.4, 0.5) is 5.69 Å². The molecule has 0 amide bonds. The Morgan fingerprint density at radius 3 is 2.31 bits per heavy atom. The molecule has 0 unspecified atom stereocenters. The summed E-state index contributed by atoms with van der Waals surface area (Å²) in [5, 5.41) is 0.703. The Hall–Kier alpha value is -1.41. The normalized spacial score (nSPS) is 10.2. The monoisotopic (exact) mass is 193 g/mol. The summed E-state index contributed by atoms with van der Waals surface area (Å²) in [4.78, 5) is 0. The lowest BCUT2D eigenvalue weighted by Gasteiger charge is -1.97. The summed E-state index contributed by atoms with van der Waals surface area (Å²) >= 11 is 5.75. The lowest BCUT2D eigenvalue weighted by Crippen LogP contribution is -1.83. The first-order valence-electron chi connectivity index (χ1n) is 3.86. The van der Waals surface area contributed by atoms with Crippen LogP contribution in [0.2, 0.25) is 5.02 Å². The molecule has 0 aliphatic rings. The summed E-state index contributed by atoms with van der Waals surface area (Å²) in [6.07, 6.45) is 1.57. The van der Waals surface area contributed by atoms with Crippen LogP contribution in [-0.4, -0.2) is 0 Å². The highest BCUT2D eigenvalue weighted by molar-refractivity contribution is 6.30. The number of hydrogen-bond acceptors (Lipinski definition) is 2. The molecule has 66 valence electrons. The molecule has 0 atom stereocenters. The second-order valence-corrected chi connectivity index (χ2v) is 3.15. The third-order valence-corrected chi connectivity index (χ3v) is 2.05. The minimum absolute atomic E-state index is 0.641. The average Bonchev–Trinajstić information content (AvgIpc) is 2.53. The van der Waals surface area contributed by atoms with Crippen molar-refractivity contribution in [2.24, 2.45) is 0 Å².